The maximum absolute atomic E-state index is 11.4. The Morgan fingerprint density at radius 1 is 1.75 bits per heavy atom. The lowest BCUT2D eigenvalue weighted by atomic mass is 10.0. The van der Waals surface area contributed by atoms with E-state index in [9.17, 15) is 4.79 Å². The van der Waals surface area contributed by atoms with Gasteiger partial charge in [-0.2, -0.15) is 0 Å². The van der Waals surface area contributed by atoms with Gasteiger partial charge in [0.15, 0.2) is 11.6 Å². The van der Waals surface area contributed by atoms with Gasteiger partial charge in [0.05, 0.1) is 0 Å². The fourth-order valence-electron chi connectivity index (χ4n) is 0.975. The van der Waals surface area contributed by atoms with Gasteiger partial charge in [0.1, 0.15) is 0 Å². The summed E-state index contributed by atoms with van der Waals surface area (Å²) in [5, 5.41) is 0. The van der Waals surface area contributed by atoms with E-state index >= 15 is 0 Å². The molecule has 1 unspecified atom stereocenters. The van der Waals surface area contributed by atoms with Crippen molar-refractivity contribution in [1.82, 2.24) is 9.97 Å². The van der Waals surface area contributed by atoms with Gasteiger partial charge in [-0.15, -0.1) is 0 Å². The molecule has 0 saturated heterocycles. The molecule has 1 heterocycles. The van der Waals surface area contributed by atoms with Crippen LogP contribution in [-0.4, -0.2) is 15.8 Å². The Balaban J connectivity index is 2.50. The smallest absolute Gasteiger partial charge is 0.198 e. The number of ketones is 1. The second-order valence-electron chi connectivity index (χ2n) is 3.08. The SMILES string of the molecule is CCC(C)CC(=O)c1ncc[nH]1. The van der Waals surface area contributed by atoms with Crippen molar-refractivity contribution in [2.24, 2.45) is 5.92 Å². The average molecular weight is 166 g/mol. The van der Waals surface area contributed by atoms with E-state index in [2.05, 4.69) is 23.8 Å². The molecule has 3 nitrogen and oxygen atoms in total. The second-order valence-corrected chi connectivity index (χ2v) is 3.08. The summed E-state index contributed by atoms with van der Waals surface area (Å²) in [5.74, 6) is 1.03. The number of aromatic amines is 1. The zero-order chi connectivity index (χ0) is 8.97. The molecule has 3 heteroatoms. The highest BCUT2D eigenvalue weighted by atomic mass is 16.1. The molecule has 1 atom stereocenters. The van der Waals surface area contributed by atoms with Gasteiger partial charge in [0.2, 0.25) is 0 Å². The number of nitrogens with one attached hydrogen (secondary N) is 1. The highest BCUT2D eigenvalue weighted by Crippen LogP contribution is 2.09. The highest BCUT2D eigenvalue weighted by Gasteiger charge is 2.11. The minimum atomic E-state index is 0.106. The van der Waals surface area contributed by atoms with Crippen molar-refractivity contribution in [2.75, 3.05) is 0 Å². The molecule has 66 valence electrons. The van der Waals surface area contributed by atoms with Crippen molar-refractivity contribution in [3.63, 3.8) is 0 Å². The van der Waals surface area contributed by atoms with E-state index in [0.29, 0.717) is 18.2 Å². The number of carbonyl (C=O) groups is 1. The molecule has 12 heavy (non-hydrogen) atoms. The Morgan fingerprint density at radius 3 is 3.00 bits per heavy atom. The first kappa shape index (κ1) is 8.97. The third kappa shape index (κ3) is 2.19. The lowest BCUT2D eigenvalue weighted by Crippen LogP contribution is -2.06. The number of rotatable bonds is 4. The summed E-state index contributed by atoms with van der Waals surface area (Å²) >= 11 is 0. The molecule has 0 aliphatic rings. The normalized spacial score (nSPS) is 12.8. The van der Waals surface area contributed by atoms with E-state index in [1.54, 1.807) is 12.4 Å². The predicted molar refractivity (Wildman–Crippen MR) is 47.0 cm³/mol. The molecule has 1 rings (SSSR count). The summed E-state index contributed by atoms with van der Waals surface area (Å²) in [4.78, 5) is 18.1. The molecule has 0 aromatic carbocycles. The van der Waals surface area contributed by atoms with Crippen molar-refractivity contribution in [3.05, 3.63) is 18.2 Å². The zero-order valence-corrected chi connectivity index (χ0v) is 7.50. The molecule has 1 N–H and O–H groups in total. The van der Waals surface area contributed by atoms with E-state index in [1.165, 1.54) is 0 Å². The Kier molecular flexibility index (Phi) is 3.02. The third-order valence-corrected chi connectivity index (χ3v) is 1.99. The van der Waals surface area contributed by atoms with Crippen molar-refractivity contribution in [2.45, 2.75) is 26.7 Å². The van der Waals surface area contributed by atoms with Gasteiger partial charge in [0, 0.05) is 18.8 Å². The van der Waals surface area contributed by atoms with Gasteiger partial charge in [-0.05, 0) is 5.92 Å². The average Bonchev–Trinajstić information content (AvgIpc) is 2.56. The van der Waals surface area contributed by atoms with Crippen molar-refractivity contribution < 1.29 is 4.79 Å². The first-order chi connectivity index (χ1) is 5.74. The van der Waals surface area contributed by atoms with Gasteiger partial charge in [-0.25, -0.2) is 4.98 Å². The predicted octanol–water partition coefficient (Wildman–Crippen LogP) is 2.03. The molecular formula is C9H14N2O. The largest absolute Gasteiger partial charge is 0.342 e. The monoisotopic (exact) mass is 166 g/mol. The van der Waals surface area contributed by atoms with Crippen LogP contribution in [0.1, 0.15) is 37.3 Å². The lowest BCUT2D eigenvalue weighted by molar-refractivity contribution is 0.0954. The minimum Gasteiger partial charge on any atom is -0.342 e. The minimum absolute atomic E-state index is 0.106. The van der Waals surface area contributed by atoms with Gasteiger partial charge in [-0.3, -0.25) is 4.79 Å². The molecular weight excluding hydrogens is 152 g/mol. The summed E-state index contributed by atoms with van der Waals surface area (Å²) in [6, 6.07) is 0. The molecule has 1 aromatic heterocycles. The number of Topliss-reactive ketones (excluding diaryl/α,β-unsaturated/α-hetero) is 1. The van der Waals surface area contributed by atoms with Gasteiger partial charge < -0.3 is 4.98 Å². The second kappa shape index (κ2) is 4.04. The maximum Gasteiger partial charge on any atom is 0.198 e. The fourth-order valence-corrected chi connectivity index (χ4v) is 0.975. The molecule has 0 fully saturated rings. The molecule has 0 radical (unpaired) electrons. The van der Waals surface area contributed by atoms with E-state index in [4.69, 9.17) is 0 Å². The number of H-pyrrole nitrogens is 1. The molecule has 0 bridgehead atoms. The first-order valence-corrected chi connectivity index (χ1v) is 4.26. The summed E-state index contributed by atoms with van der Waals surface area (Å²) in [6.45, 7) is 4.15. The summed E-state index contributed by atoms with van der Waals surface area (Å²) in [5.41, 5.74) is 0. The Labute approximate surface area is 72.2 Å². The zero-order valence-electron chi connectivity index (χ0n) is 7.50. The van der Waals surface area contributed by atoms with Crippen LogP contribution in [0.15, 0.2) is 12.4 Å². The van der Waals surface area contributed by atoms with Crippen LogP contribution in [0.5, 0.6) is 0 Å². The van der Waals surface area contributed by atoms with Crippen LogP contribution in [0.3, 0.4) is 0 Å². The summed E-state index contributed by atoms with van der Waals surface area (Å²) in [7, 11) is 0. The summed E-state index contributed by atoms with van der Waals surface area (Å²) in [6.07, 6.45) is 4.89. The molecule has 0 aliphatic heterocycles. The molecule has 0 amide bonds. The lowest BCUT2D eigenvalue weighted by Gasteiger charge is -2.04. The standard InChI is InChI=1S/C9H14N2O/c1-3-7(2)6-8(12)9-10-4-5-11-9/h4-5,7H,3,6H2,1-2H3,(H,10,11). The van der Waals surface area contributed by atoms with Crippen LogP contribution in [0.4, 0.5) is 0 Å². The van der Waals surface area contributed by atoms with E-state index in [1.807, 2.05) is 0 Å². The van der Waals surface area contributed by atoms with Crippen LogP contribution >= 0.6 is 0 Å². The van der Waals surface area contributed by atoms with Crippen LogP contribution < -0.4 is 0 Å². The molecule has 0 aliphatic carbocycles. The van der Waals surface area contributed by atoms with Gasteiger partial charge >= 0.3 is 0 Å². The topological polar surface area (TPSA) is 45.8 Å². The van der Waals surface area contributed by atoms with Crippen LogP contribution in [0.25, 0.3) is 0 Å². The quantitative estimate of drug-likeness (QED) is 0.695. The number of hydrogen-bond acceptors (Lipinski definition) is 2. The van der Waals surface area contributed by atoms with Gasteiger partial charge in [-0.1, -0.05) is 20.3 Å². The fraction of sp³-hybridized carbons (Fsp3) is 0.556. The Morgan fingerprint density at radius 2 is 2.50 bits per heavy atom. The molecule has 1 aromatic rings. The highest BCUT2D eigenvalue weighted by molar-refractivity contribution is 5.92. The number of nitrogens with zero attached hydrogens (tertiary/aromatic N) is 1. The molecule has 0 spiro atoms. The first-order valence-electron chi connectivity index (χ1n) is 4.26. The number of imidazole rings is 1. The number of carbonyl (C=O) groups excluding carboxylic acids is 1. The third-order valence-electron chi connectivity index (χ3n) is 1.99. The van der Waals surface area contributed by atoms with Crippen LogP contribution in [0.2, 0.25) is 0 Å². The Hall–Kier alpha value is -1.12. The van der Waals surface area contributed by atoms with Gasteiger partial charge in [0.25, 0.3) is 0 Å². The van der Waals surface area contributed by atoms with E-state index in [-0.39, 0.29) is 5.78 Å². The van der Waals surface area contributed by atoms with E-state index in [0.717, 1.165) is 6.42 Å². The van der Waals surface area contributed by atoms with Crippen molar-refractivity contribution >= 4 is 5.78 Å². The number of hydrogen-bond donors (Lipinski definition) is 1. The summed E-state index contributed by atoms with van der Waals surface area (Å²) < 4.78 is 0. The molecule has 0 saturated carbocycles. The maximum atomic E-state index is 11.4. The number of aromatic nitrogens is 2. The van der Waals surface area contributed by atoms with Crippen LogP contribution in [0, 0.1) is 5.92 Å². The van der Waals surface area contributed by atoms with Crippen molar-refractivity contribution in [1.29, 1.82) is 0 Å². The Bertz CT molecular complexity index is 241. The van der Waals surface area contributed by atoms with E-state index < -0.39 is 0 Å². The van der Waals surface area contributed by atoms with Crippen molar-refractivity contribution in [3.8, 4) is 0 Å². The van der Waals surface area contributed by atoms with Crippen LogP contribution in [-0.2, 0) is 0 Å².